The minimum Gasteiger partial charge on any atom is -0.353 e. The van der Waals surface area contributed by atoms with E-state index >= 15 is 0 Å². The average molecular weight is 425 g/mol. The lowest BCUT2D eigenvalue weighted by molar-refractivity contribution is -0.136. The lowest BCUT2D eigenvalue weighted by Crippen LogP contribution is -2.52. The van der Waals surface area contributed by atoms with Gasteiger partial charge < -0.3 is 19.7 Å². The lowest BCUT2D eigenvalue weighted by atomic mass is 9.95. The van der Waals surface area contributed by atoms with Gasteiger partial charge >= 0.3 is 0 Å². The van der Waals surface area contributed by atoms with Crippen molar-refractivity contribution in [2.45, 2.75) is 12.8 Å². The molecule has 0 unspecified atom stereocenters. The molecular weight excluding hydrogens is 400 g/mol. The normalized spacial score (nSPS) is 18.2. The number of aromatic nitrogens is 3. The fraction of sp³-hybridized carbons (Fsp3) is 0.409. The summed E-state index contributed by atoms with van der Waals surface area (Å²) in [7, 11) is 0. The zero-order chi connectivity index (χ0) is 20.5. The third-order valence-electron chi connectivity index (χ3n) is 6.14. The standard InChI is InChI=1S/C22H25ClN6O/c23-17-4-5-18-19(15-17)26-22(25-18)29-9-6-16(7-10-29)21(30)28-13-11-27(12-14-28)20-3-1-2-8-24-20/h1-5,8,15-16H,6-7,9-14H2,(H,25,26). The highest BCUT2D eigenvalue weighted by atomic mass is 35.5. The van der Waals surface area contributed by atoms with E-state index in [1.165, 1.54) is 0 Å². The molecule has 0 aliphatic carbocycles. The number of nitrogens with one attached hydrogen (secondary N) is 1. The summed E-state index contributed by atoms with van der Waals surface area (Å²) >= 11 is 6.08. The van der Waals surface area contributed by atoms with Crippen molar-refractivity contribution in [2.75, 3.05) is 49.1 Å². The molecule has 2 aliphatic rings. The Kier molecular flexibility index (Phi) is 5.21. The number of carbonyl (C=O) groups excluding carboxylic acids is 1. The second-order valence-corrected chi connectivity index (χ2v) is 8.42. The number of carbonyl (C=O) groups is 1. The first kappa shape index (κ1) is 19.2. The summed E-state index contributed by atoms with van der Waals surface area (Å²) < 4.78 is 0. The van der Waals surface area contributed by atoms with Crippen molar-refractivity contribution in [2.24, 2.45) is 5.92 Å². The number of rotatable bonds is 3. The Balaban J connectivity index is 1.16. The smallest absolute Gasteiger partial charge is 0.225 e. The Morgan fingerprint density at radius 3 is 2.53 bits per heavy atom. The number of hydrogen-bond donors (Lipinski definition) is 1. The highest BCUT2D eigenvalue weighted by Crippen LogP contribution is 2.26. The van der Waals surface area contributed by atoms with Gasteiger partial charge in [-0.2, -0.15) is 0 Å². The maximum absolute atomic E-state index is 13.1. The second kappa shape index (κ2) is 8.14. The number of amides is 1. The summed E-state index contributed by atoms with van der Waals surface area (Å²) in [5, 5.41) is 0.699. The van der Waals surface area contributed by atoms with E-state index in [-0.39, 0.29) is 5.92 Å². The average Bonchev–Trinajstić information content (AvgIpc) is 3.23. The van der Waals surface area contributed by atoms with Crippen molar-refractivity contribution in [3.8, 4) is 0 Å². The Bertz CT molecular complexity index is 1020. The Hall–Kier alpha value is -2.80. The SMILES string of the molecule is O=C(C1CCN(c2nc3ccc(Cl)cc3[nH]2)CC1)N1CCN(c2ccccn2)CC1. The Morgan fingerprint density at radius 2 is 1.80 bits per heavy atom. The van der Waals surface area contributed by atoms with Gasteiger partial charge in [-0.05, 0) is 43.2 Å². The van der Waals surface area contributed by atoms with E-state index in [4.69, 9.17) is 11.6 Å². The molecular formula is C22H25ClN6O. The van der Waals surface area contributed by atoms with E-state index in [1.807, 2.05) is 47.5 Å². The topological polar surface area (TPSA) is 68.4 Å². The molecule has 0 atom stereocenters. The summed E-state index contributed by atoms with van der Waals surface area (Å²) in [4.78, 5) is 32.0. The van der Waals surface area contributed by atoms with Crippen LogP contribution in [0.2, 0.25) is 5.02 Å². The number of pyridine rings is 1. The predicted molar refractivity (Wildman–Crippen MR) is 119 cm³/mol. The van der Waals surface area contributed by atoms with Crippen molar-refractivity contribution < 1.29 is 4.79 Å². The Labute approximate surface area is 180 Å². The molecule has 2 saturated heterocycles. The van der Waals surface area contributed by atoms with E-state index in [0.29, 0.717) is 10.9 Å². The number of halogens is 1. The number of H-pyrrole nitrogens is 1. The van der Waals surface area contributed by atoms with Crippen LogP contribution in [0.25, 0.3) is 11.0 Å². The molecule has 1 aromatic carbocycles. The van der Waals surface area contributed by atoms with Crippen LogP contribution >= 0.6 is 11.6 Å². The number of nitrogens with zero attached hydrogens (tertiary/aromatic N) is 5. The summed E-state index contributed by atoms with van der Waals surface area (Å²) in [5.41, 5.74) is 1.86. The monoisotopic (exact) mass is 424 g/mol. The molecule has 0 bridgehead atoms. The van der Waals surface area contributed by atoms with Gasteiger partial charge in [0.15, 0.2) is 0 Å². The molecule has 0 spiro atoms. The molecule has 30 heavy (non-hydrogen) atoms. The number of piperidine rings is 1. The van der Waals surface area contributed by atoms with Crippen LogP contribution < -0.4 is 9.80 Å². The molecule has 1 amide bonds. The summed E-state index contributed by atoms with van der Waals surface area (Å²) in [6.07, 6.45) is 3.53. The molecule has 156 valence electrons. The molecule has 5 rings (SSSR count). The first-order valence-corrected chi connectivity index (χ1v) is 10.9. The zero-order valence-corrected chi connectivity index (χ0v) is 17.6. The molecule has 7 nitrogen and oxygen atoms in total. The number of fused-ring (bicyclic) bond motifs is 1. The van der Waals surface area contributed by atoms with Crippen LogP contribution in [0.1, 0.15) is 12.8 Å². The Morgan fingerprint density at radius 1 is 1.00 bits per heavy atom. The molecule has 2 aliphatic heterocycles. The fourth-order valence-electron chi connectivity index (χ4n) is 4.41. The van der Waals surface area contributed by atoms with Crippen molar-refractivity contribution >= 4 is 40.3 Å². The van der Waals surface area contributed by atoms with Crippen molar-refractivity contribution in [1.29, 1.82) is 0 Å². The fourth-order valence-corrected chi connectivity index (χ4v) is 4.58. The molecule has 8 heteroatoms. The first-order valence-electron chi connectivity index (χ1n) is 10.5. The van der Waals surface area contributed by atoms with Gasteiger partial charge in [0.25, 0.3) is 0 Å². The summed E-state index contributed by atoms with van der Waals surface area (Å²) in [5.74, 6) is 2.25. The van der Waals surface area contributed by atoms with Gasteiger partial charge in [-0.15, -0.1) is 0 Å². The number of piperazine rings is 1. The van der Waals surface area contributed by atoms with Crippen molar-refractivity contribution in [3.63, 3.8) is 0 Å². The van der Waals surface area contributed by atoms with Gasteiger partial charge in [-0.1, -0.05) is 17.7 Å². The van der Waals surface area contributed by atoms with Gasteiger partial charge in [0.05, 0.1) is 11.0 Å². The van der Waals surface area contributed by atoms with E-state index in [2.05, 4.69) is 24.8 Å². The maximum atomic E-state index is 13.1. The van der Waals surface area contributed by atoms with Crippen molar-refractivity contribution in [1.82, 2.24) is 19.9 Å². The van der Waals surface area contributed by atoms with Crippen molar-refractivity contribution in [3.05, 3.63) is 47.6 Å². The molecule has 3 aromatic rings. The largest absolute Gasteiger partial charge is 0.353 e. The lowest BCUT2D eigenvalue weighted by Gasteiger charge is -2.39. The molecule has 2 aromatic heterocycles. The third kappa shape index (κ3) is 3.81. The number of aromatic amines is 1. The maximum Gasteiger partial charge on any atom is 0.225 e. The van der Waals surface area contributed by atoms with Gasteiger partial charge in [0.1, 0.15) is 5.82 Å². The highest BCUT2D eigenvalue weighted by Gasteiger charge is 2.31. The van der Waals surface area contributed by atoms with E-state index in [0.717, 1.165) is 74.9 Å². The van der Waals surface area contributed by atoms with Crippen LogP contribution in [0, 0.1) is 5.92 Å². The summed E-state index contributed by atoms with van der Waals surface area (Å²) in [6.45, 7) is 4.86. The van der Waals surface area contributed by atoms with Crippen LogP contribution in [-0.4, -0.2) is 65.0 Å². The number of hydrogen-bond acceptors (Lipinski definition) is 5. The van der Waals surface area contributed by atoms with Crippen LogP contribution in [0.4, 0.5) is 11.8 Å². The third-order valence-corrected chi connectivity index (χ3v) is 6.37. The molecule has 2 fully saturated rings. The van der Waals surface area contributed by atoms with Crippen LogP contribution in [0.5, 0.6) is 0 Å². The van der Waals surface area contributed by atoms with Crippen LogP contribution in [-0.2, 0) is 4.79 Å². The number of benzene rings is 1. The highest BCUT2D eigenvalue weighted by molar-refractivity contribution is 6.31. The quantitative estimate of drug-likeness (QED) is 0.699. The molecule has 0 radical (unpaired) electrons. The number of anilines is 2. The zero-order valence-electron chi connectivity index (χ0n) is 16.8. The predicted octanol–water partition coefficient (Wildman–Crippen LogP) is 3.18. The minimum absolute atomic E-state index is 0.0986. The van der Waals surface area contributed by atoms with Crippen LogP contribution in [0.3, 0.4) is 0 Å². The minimum atomic E-state index is 0.0986. The molecule has 0 saturated carbocycles. The van der Waals surface area contributed by atoms with E-state index in [9.17, 15) is 4.79 Å². The van der Waals surface area contributed by atoms with Gasteiger partial charge in [0.2, 0.25) is 11.9 Å². The molecule has 1 N–H and O–H groups in total. The number of imidazole rings is 1. The molecule has 4 heterocycles. The van der Waals surface area contributed by atoms with E-state index < -0.39 is 0 Å². The van der Waals surface area contributed by atoms with Gasteiger partial charge in [-0.25, -0.2) is 9.97 Å². The van der Waals surface area contributed by atoms with Gasteiger partial charge in [-0.3, -0.25) is 4.79 Å². The van der Waals surface area contributed by atoms with Crippen LogP contribution in [0.15, 0.2) is 42.6 Å². The first-order chi connectivity index (χ1) is 14.7. The second-order valence-electron chi connectivity index (χ2n) is 7.98. The summed E-state index contributed by atoms with van der Waals surface area (Å²) in [6, 6.07) is 11.6. The van der Waals surface area contributed by atoms with E-state index in [1.54, 1.807) is 0 Å². The van der Waals surface area contributed by atoms with Gasteiger partial charge in [0, 0.05) is 56.4 Å².